The maximum atomic E-state index is 8.83. The van der Waals surface area contributed by atoms with Crippen LogP contribution >= 0.6 is 0 Å². The zero-order valence-corrected chi connectivity index (χ0v) is 7.62. The molecule has 0 aliphatic carbocycles. The van der Waals surface area contributed by atoms with Gasteiger partial charge in [0.05, 0.1) is 11.6 Å². The molecule has 1 rings (SSSR count). The van der Waals surface area contributed by atoms with Crippen LogP contribution in [0, 0.1) is 11.3 Å². The van der Waals surface area contributed by atoms with Crippen molar-refractivity contribution in [2.45, 2.75) is 19.4 Å². The normalized spacial score (nSPS) is 12.1. The minimum atomic E-state index is -0.0738. The SMILES string of the molecule is CC[C@@H](N)c1ccc(N)cc1C#N. The molecule has 1 aromatic carbocycles. The van der Waals surface area contributed by atoms with Crippen LogP contribution in [0.1, 0.15) is 30.5 Å². The molecular weight excluding hydrogens is 162 g/mol. The van der Waals surface area contributed by atoms with Crippen molar-refractivity contribution < 1.29 is 0 Å². The van der Waals surface area contributed by atoms with Crippen molar-refractivity contribution in [2.75, 3.05) is 5.73 Å². The fourth-order valence-electron chi connectivity index (χ4n) is 1.21. The van der Waals surface area contributed by atoms with E-state index in [2.05, 4.69) is 6.07 Å². The first-order valence-corrected chi connectivity index (χ1v) is 4.24. The fraction of sp³-hybridized carbons (Fsp3) is 0.300. The van der Waals surface area contributed by atoms with Crippen molar-refractivity contribution in [3.63, 3.8) is 0 Å². The fourth-order valence-corrected chi connectivity index (χ4v) is 1.21. The summed E-state index contributed by atoms with van der Waals surface area (Å²) in [4.78, 5) is 0. The summed E-state index contributed by atoms with van der Waals surface area (Å²) < 4.78 is 0. The molecule has 3 heteroatoms. The summed E-state index contributed by atoms with van der Waals surface area (Å²) in [7, 11) is 0. The highest BCUT2D eigenvalue weighted by Gasteiger charge is 2.08. The van der Waals surface area contributed by atoms with E-state index in [4.69, 9.17) is 16.7 Å². The van der Waals surface area contributed by atoms with E-state index in [1.807, 2.05) is 13.0 Å². The second kappa shape index (κ2) is 3.92. The molecule has 1 aromatic rings. The lowest BCUT2D eigenvalue weighted by atomic mass is 9.99. The van der Waals surface area contributed by atoms with Crippen molar-refractivity contribution in [3.8, 4) is 6.07 Å². The molecular formula is C10H13N3. The average molecular weight is 175 g/mol. The van der Waals surface area contributed by atoms with Gasteiger partial charge in [-0.05, 0) is 24.1 Å². The summed E-state index contributed by atoms with van der Waals surface area (Å²) in [5.74, 6) is 0. The Morgan fingerprint density at radius 2 is 2.23 bits per heavy atom. The van der Waals surface area contributed by atoms with Crippen molar-refractivity contribution in [1.29, 1.82) is 5.26 Å². The van der Waals surface area contributed by atoms with Gasteiger partial charge in [-0.1, -0.05) is 13.0 Å². The van der Waals surface area contributed by atoms with Crippen LogP contribution in [0.5, 0.6) is 0 Å². The molecule has 4 N–H and O–H groups in total. The summed E-state index contributed by atoms with van der Waals surface area (Å²) in [6.07, 6.45) is 0.818. The van der Waals surface area contributed by atoms with Gasteiger partial charge in [-0.3, -0.25) is 0 Å². The monoisotopic (exact) mass is 175 g/mol. The Hall–Kier alpha value is -1.53. The topological polar surface area (TPSA) is 75.8 Å². The second-order valence-corrected chi connectivity index (χ2v) is 2.97. The molecule has 13 heavy (non-hydrogen) atoms. The number of nitriles is 1. The van der Waals surface area contributed by atoms with E-state index in [1.165, 1.54) is 0 Å². The highest BCUT2D eigenvalue weighted by Crippen LogP contribution is 2.20. The molecule has 0 fully saturated rings. The minimum Gasteiger partial charge on any atom is -0.399 e. The molecule has 0 unspecified atom stereocenters. The van der Waals surface area contributed by atoms with Gasteiger partial charge in [0.25, 0.3) is 0 Å². The van der Waals surface area contributed by atoms with Crippen LogP contribution in [-0.2, 0) is 0 Å². The molecule has 0 aromatic heterocycles. The van der Waals surface area contributed by atoms with Gasteiger partial charge in [0, 0.05) is 11.7 Å². The van der Waals surface area contributed by atoms with Gasteiger partial charge in [0.1, 0.15) is 0 Å². The predicted molar refractivity (Wildman–Crippen MR) is 52.8 cm³/mol. The number of nitrogens with two attached hydrogens (primary N) is 2. The van der Waals surface area contributed by atoms with Gasteiger partial charge in [-0.15, -0.1) is 0 Å². The predicted octanol–water partition coefficient (Wildman–Crippen LogP) is 1.55. The van der Waals surface area contributed by atoms with E-state index in [1.54, 1.807) is 12.1 Å². The van der Waals surface area contributed by atoms with E-state index < -0.39 is 0 Å². The smallest absolute Gasteiger partial charge is 0.0995 e. The molecule has 0 saturated carbocycles. The molecule has 0 bridgehead atoms. The largest absolute Gasteiger partial charge is 0.399 e. The summed E-state index contributed by atoms with van der Waals surface area (Å²) in [5, 5.41) is 8.83. The Bertz CT molecular complexity index is 339. The second-order valence-electron chi connectivity index (χ2n) is 2.97. The van der Waals surface area contributed by atoms with Gasteiger partial charge < -0.3 is 11.5 Å². The highest BCUT2D eigenvalue weighted by atomic mass is 14.6. The maximum absolute atomic E-state index is 8.83. The molecule has 3 nitrogen and oxygen atoms in total. The quantitative estimate of drug-likeness (QED) is 0.669. The molecule has 0 saturated heterocycles. The average Bonchev–Trinajstić information content (AvgIpc) is 2.16. The third-order valence-corrected chi connectivity index (χ3v) is 2.04. The lowest BCUT2D eigenvalue weighted by Crippen LogP contribution is -2.10. The van der Waals surface area contributed by atoms with Gasteiger partial charge in [-0.2, -0.15) is 5.26 Å². The first-order chi connectivity index (χ1) is 6.19. The summed E-state index contributed by atoms with van der Waals surface area (Å²) in [6, 6.07) is 7.27. The Balaban J connectivity index is 3.15. The van der Waals surface area contributed by atoms with E-state index >= 15 is 0 Å². The Morgan fingerprint density at radius 1 is 1.54 bits per heavy atom. The third-order valence-electron chi connectivity index (χ3n) is 2.04. The Labute approximate surface area is 78.0 Å². The van der Waals surface area contributed by atoms with Crippen LogP contribution in [0.3, 0.4) is 0 Å². The van der Waals surface area contributed by atoms with Crippen molar-refractivity contribution in [3.05, 3.63) is 29.3 Å². The van der Waals surface area contributed by atoms with E-state index in [9.17, 15) is 0 Å². The summed E-state index contributed by atoms with van der Waals surface area (Å²) in [5.41, 5.74) is 13.4. The number of benzene rings is 1. The van der Waals surface area contributed by atoms with E-state index in [0.29, 0.717) is 11.3 Å². The van der Waals surface area contributed by atoms with Gasteiger partial charge in [-0.25, -0.2) is 0 Å². The van der Waals surface area contributed by atoms with Crippen LogP contribution in [-0.4, -0.2) is 0 Å². The van der Waals surface area contributed by atoms with Crippen molar-refractivity contribution >= 4 is 5.69 Å². The first kappa shape index (κ1) is 9.56. The van der Waals surface area contributed by atoms with Gasteiger partial charge in [0.15, 0.2) is 0 Å². The lowest BCUT2D eigenvalue weighted by molar-refractivity contribution is 0.697. The first-order valence-electron chi connectivity index (χ1n) is 4.24. The Morgan fingerprint density at radius 3 is 2.77 bits per heavy atom. The molecule has 0 radical (unpaired) electrons. The molecule has 0 aliphatic rings. The Kier molecular flexibility index (Phi) is 2.88. The minimum absolute atomic E-state index is 0.0738. The van der Waals surface area contributed by atoms with Crippen molar-refractivity contribution in [2.24, 2.45) is 5.73 Å². The molecule has 0 spiro atoms. The van der Waals surface area contributed by atoms with Crippen molar-refractivity contribution in [1.82, 2.24) is 0 Å². The van der Waals surface area contributed by atoms with Crippen LogP contribution in [0.15, 0.2) is 18.2 Å². The number of nitrogens with zero attached hydrogens (tertiary/aromatic N) is 1. The van der Waals surface area contributed by atoms with E-state index in [0.717, 1.165) is 12.0 Å². The summed E-state index contributed by atoms with van der Waals surface area (Å²) in [6.45, 7) is 1.99. The molecule has 0 heterocycles. The molecule has 0 amide bonds. The number of hydrogen-bond donors (Lipinski definition) is 2. The van der Waals surface area contributed by atoms with Crippen LogP contribution < -0.4 is 11.5 Å². The maximum Gasteiger partial charge on any atom is 0.0995 e. The molecule has 68 valence electrons. The summed E-state index contributed by atoms with van der Waals surface area (Å²) >= 11 is 0. The lowest BCUT2D eigenvalue weighted by Gasteiger charge is -2.10. The highest BCUT2D eigenvalue weighted by molar-refractivity contribution is 5.50. The van der Waals surface area contributed by atoms with Crippen LogP contribution in [0.4, 0.5) is 5.69 Å². The van der Waals surface area contributed by atoms with Gasteiger partial charge >= 0.3 is 0 Å². The van der Waals surface area contributed by atoms with Gasteiger partial charge in [0.2, 0.25) is 0 Å². The third kappa shape index (κ3) is 1.98. The number of rotatable bonds is 2. The standard InChI is InChI=1S/C10H13N3/c1-2-10(13)9-4-3-8(12)5-7(9)6-11/h3-5,10H,2,12-13H2,1H3/t10-/m1/s1. The molecule has 0 aliphatic heterocycles. The van der Waals surface area contributed by atoms with Crippen LogP contribution in [0.25, 0.3) is 0 Å². The number of anilines is 1. The zero-order valence-electron chi connectivity index (χ0n) is 7.62. The molecule has 1 atom stereocenters. The van der Waals surface area contributed by atoms with Crippen LogP contribution in [0.2, 0.25) is 0 Å². The number of nitrogen functional groups attached to an aromatic ring is 1. The zero-order chi connectivity index (χ0) is 9.84. The number of hydrogen-bond acceptors (Lipinski definition) is 3. The van der Waals surface area contributed by atoms with E-state index in [-0.39, 0.29) is 6.04 Å².